The molecule has 0 aliphatic carbocycles. The van der Waals surface area contributed by atoms with Crippen LogP contribution in [0.5, 0.6) is 0 Å². The van der Waals surface area contributed by atoms with Crippen LogP contribution in [0.4, 0.5) is 5.69 Å². The van der Waals surface area contributed by atoms with Gasteiger partial charge in [0.2, 0.25) is 0 Å². The normalized spacial score (nSPS) is 11.2. The molecule has 0 saturated carbocycles. The average Bonchev–Trinajstić information content (AvgIpc) is 2.87. The Balaban J connectivity index is 2.12. The minimum atomic E-state index is -0.907. The van der Waals surface area contributed by atoms with E-state index in [2.05, 4.69) is 10.4 Å². The molecule has 116 valence electrons. The molecule has 1 amide bonds. The number of amides is 1. The predicted molar refractivity (Wildman–Crippen MR) is 83.0 cm³/mol. The third-order valence-electron chi connectivity index (χ3n) is 3.07. The summed E-state index contributed by atoms with van der Waals surface area (Å²) in [6, 6.07) is 6.80. The van der Waals surface area contributed by atoms with Crippen LogP contribution in [-0.2, 0) is 16.8 Å². The van der Waals surface area contributed by atoms with Gasteiger partial charge in [-0.3, -0.25) is 14.3 Å². The molecule has 0 fully saturated rings. The van der Waals surface area contributed by atoms with Crippen LogP contribution in [0.3, 0.4) is 0 Å². The van der Waals surface area contributed by atoms with Crippen molar-refractivity contribution in [3.05, 3.63) is 47.8 Å². The van der Waals surface area contributed by atoms with Gasteiger partial charge in [-0.1, -0.05) is 12.1 Å². The van der Waals surface area contributed by atoms with Crippen LogP contribution in [0.2, 0.25) is 0 Å². The van der Waals surface area contributed by atoms with Crippen molar-refractivity contribution in [1.82, 2.24) is 9.78 Å². The Kier molecular flexibility index (Phi) is 4.30. The first-order valence-electron chi connectivity index (χ1n) is 6.93. The minimum absolute atomic E-state index is 0.0777. The number of hydrogen-bond donors (Lipinski definition) is 2. The second-order valence-electron chi connectivity index (χ2n) is 6.07. The highest BCUT2D eigenvalue weighted by Crippen LogP contribution is 2.15. The number of carbonyl (C=O) groups excluding carboxylic acids is 1. The van der Waals surface area contributed by atoms with Gasteiger partial charge in [0.25, 0.3) is 5.91 Å². The van der Waals surface area contributed by atoms with Crippen molar-refractivity contribution in [2.75, 3.05) is 5.32 Å². The summed E-state index contributed by atoms with van der Waals surface area (Å²) in [6.07, 6.45) is 3.13. The quantitative estimate of drug-likeness (QED) is 0.908. The Morgan fingerprint density at radius 1 is 1.32 bits per heavy atom. The molecule has 1 heterocycles. The summed E-state index contributed by atoms with van der Waals surface area (Å²) in [6.45, 7) is 5.99. The molecule has 2 N–H and O–H groups in total. The van der Waals surface area contributed by atoms with Gasteiger partial charge in [0.05, 0.1) is 23.7 Å². The number of nitrogens with zero attached hydrogens (tertiary/aromatic N) is 2. The van der Waals surface area contributed by atoms with Crippen LogP contribution in [-0.4, -0.2) is 26.8 Å². The number of rotatable bonds is 4. The van der Waals surface area contributed by atoms with Crippen LogP contribution in [0.1, 0.15) is 36.7 Å². The van der Waals surface area contributed by atoms with Gasteiger partial charge in [0, 0.05) is 11.9 Å². The van der Waals surface area contributed by atoms with E-state index in [1.165, 1.54) is 6.20 Å². The minimum Gasteiger partial charge on any atom is -0.481 e. The van der Waals surface area contributed by atoms with E-state index < -0.39 is 5.97 Å². The van der Waals surface area contributed by atoms with E-state index in [4.69, 9.17) is 5.11 Å². The summed E-state index contributed by atoms with van der Waals surface area (Å²) in [5.74, 6) is -1.18. The number of aromatic nitrogens is 2. The van der Waals surface area contributed by atoms with E-state index >= 15 is 0 Å². The maximum absolute atomic E-state index is 12.2. The maximum Gasteiger partial charge on any atom is 0.307 e. The van der Waals surface area contributed by atoms with Crippen molar-refractivity contribution < 1.29 is 14.7 Å². The van der Waals surface area contributed by atoms with Crippen molar-refractivity contribution in [1.29, 1.82) is 0 Å². The first-order chi connectivity index (χ1) is 10.3. The molecule has 22 heavy (non-hydrogen) atoms. The van der Waals surface area contributed by atoms with Gasteiger partial charge in [0.15, 0.2) is 0 Å². The van der Waals surface area contributed by atoms with Gasteiger partial charge in [-0.2, -0.15) is 5.10 Å². The van der Waals surface area contributed by atoms with Crippen LogP contribution in [0.25, 0.3) is 0 Å². The number of nitrogens with one attached hydrogen (secondary N) is 1. The molecule has 6 heteroatoms. The number of anilines is 1. The number of hydrogen-bond acceptors (Lipinski definition) is 3. The summed E-state index contributed by atoms with van der Waals surface area (Å²) in [7, 11) is 0. The number of aliphatic carboxylic acids is 1. The Morgan fingerprint density at radius 3 is 2.64 bits per heavy atom. The van der Waals surface area contributed by atoms with Gasteiger partial charge in [-0.15, -0.1) is 0 Å². The molecule has 0 bridgehead atoms. The van der Waals surface area contributed by atoms with Crippen LogP contribution >= 0.6 is 0 Å². The third kappa shape index (κ3) is 3.94. The largest absolute Gasteiger partial charge is 0.481 e. The Bertz CT molecular complexity index is 699. The second kappa shape index (κ2) is 6.01. The molecule has 6 nitrogen and oxygen atoms in total. The highest BCUT2D eigenvalue weighted by atomic mass is 16.4. The molecule has 0 spiro atoms. The molecule has 0 atom stereocenters. The molecular formula is C16H19N3O3. The molecule has 0 aliphatic heterocycles. The van der Waals surface area contributed by atoms with Crippen molar-refractivity contribution in [3.8, 4) is 0 Å². The number of carboxylic acids is 1. The summed E-state index contributed by atoms with van der Waals surface area (Å²) >= 11 is 0. The van der Waals surface area contributed by atoms with E-state index in [-0.39, 0.29) is 17.9 Å². The third-order valence-corrected chi connectivity index (χ3v) is 3.07. The van der Waals surface area contributed by atoms with E-state index in [0.717, 1.165) is 0 Å². The van der Waals surface area contributed by atoms with Crippen LogP contribution < -0.4 is 5.32 Å². The van der Waals surface area contributed by atoms with Crippen molar-refractivity contribution in [2.24, 2.45) is 0 Å². The van der Waals surface area contributed by atoms with Gasteiger partial charge in [0.1, 0.15) is 0 Å². The van der Waals surface area contributed by atoms with Crippen molar-refractivity contribution in [2.45, 2.75) is 32.7 Å². The van der Waals surface area contributed by atoms with E-state index in [0.29, 0.717) is 16.8 Å². The molecule has 0 radical (unpaired) electrons. The highest BCUT2D eigenvalue weighted by molar-refractivity contribution is 6.04. The molecule has 0 saturated heterocycles. The summed E-state index contributed by atoms with van der Waals surface area (Å²) in [4.78, 5) is 22.9. The number of carboxylic acid groups (broad SMARTS) is 1. The lowest BCUT2D eigenvalue weighted by Crippen LogP contribution is -2.22. The molecule has 2 rings (SSSR count). The molecule has 2 aromatic rings. The average molecular weight is 301 g/mol. The molecule has 1 aromatic heterocycles. The Hall–Kier alpha value is -2.63. The number of carbonyl (C=O) groups is 2. The Morgan fingerprint density at radius 2 is 2.05 bits per heavy atom. The first-order valence-corrected chi connectivity index (χ1v) is 6.93. The van der Waals surface area contributed by atoms with E-state index in [1.54, 1.807) is 35.1 Å². The smallest absolute Gasteiger partial charge is 0.307 e. The lowest BCUT2D eigenvalue weighted by Gasteiger charge is -2.18. The fraction of sp³-hybridized carbons (Fsp3) is 0.312. The topological polar surface area (TPSA) is 84.2 Å². The monoisotopic (exact) mass is 301 g/mol. The summed E-state index contributed by atoms with van der Waals surface area (Å²) < 4.78 is 1.72. The fourth-order valence-corrected chi connectivity index (χ4v) is 1.94. The SMILES string of the molecule is CC(C)(C)n1cc(C(=O)Nc2cccc(CC(=O)O)c2)cn1. The maximum atomic E-state index is 12.2. The fourth-order valence-electron chi connectivity index (χ4n) is 1.94. The van der Waals surface area contributed by atoms with Crippen LogP contribution in [0.15, 0.2) is 36.7 Å². The van der Waals surface area contributed by atoms with Crippen molar-refractivity contribution >= 4 is 17.6 Å². The van der Waals surface area contributed by atoms with Gasteiger partial charge in [-0.05, 0) is 38.5 Å². The number of benzene rings is 1. The Labute approximate surface area is 128 Å². The zero-order valence-electron chi connectivity index (χ0n) is 12.8. The first kappa shape index (κ1) is 15.8. The van der Waals surface area contributed by atoms with Gasteiger partial charge >= 0.3 is 5.97 Å². The van der Waals surface area contributed by atoms with Crippen molar-refractivity contribution in [3.63, 3.8) is 0 Å². The van der Waals surface area contributed by atoms with Gasteiger partial charge < -0.3 is 10.4 Å². The van der Waals surface area contributed by atoms with E-state index in [9.17, 15) is 9.59 Å². The summed E-state index contributed by atoms with van der Waals surface area (Å²) in [5.41, 5.74) is 1.46. The second-order valence-corrected chi connectivity index (χ2v) is 6.07. The van der Waals surface area contributed by atoms with Crippen LogP contribution in [0, 0.1) is 0 Å². The molecule has 1 aromatic carbocycles. The van der Waals surface area contributed by atoms with Gasteiger partial charge in [-0.25, -0.2) is 0 Å². The zero-order chi connectivity index (χ0) is 16.3. The molecule has 0 unspecified atom stereocenters. The molecular weight excluding hydrogens is 282 g/mol. The lowest BCUT2D eigenvalue weighted by molar-refractivity contribution is -0.136. The zero-order valence-corrected chi connectivity index (χ0v) is 12.8. The predicted octanol–water partition coefficient (Wildman–Crippen LogP) is 2.52. The van der Waals surface area contributed by atoms with E-state index in [1.807, 2.05) is 20.8 Å². The highest BCUT2D eigenvalue weighted by Gasteiger charge is 2.17. The lowest BCUT2D eigenvalue weighted by atomic mass is 10.1. The molecule has 0 aliphatic rings. The standard InChI is InChI=1S/C16H19N3O3/c1-16(2,3)19-10-12(9-17-19)15(22)18-13-6-4-5-11(7-13)8-14(20)21/h4-7,9-10H,8H2,1-3H3,(H,18,22)(H,20,21). The summed E-state index contributed by atoms with van der Waals surface area (Å²) in [5, 5.41) is 15.7.